The van der Waals surface area contributed by atoms with Crippen molar-refractivity contribution in [2.45, 2.75) is 24.4 Å². The van der Waals surface area contributed by atoms with E-state index in [1.54, 1.807) is 0 Å². The molecule has 2 unspecified atom stereocenters. The lowest BCUT2D eigenvalue weighted by molar-refractivity contribution is -0.0328. The van der Waals surface area contributed by atoms with Crippen molar-refractivity contribution in [2.75, 3.05) is 17.3 Å². The van der Waals surface area contributed by atoms with E-state index in [0.717, 1.165) is 0 Å². The summed E-state index contributed by atoms with van der Waals surface area (Å²) in [6.45, 7) is 0. The van der Waals surface area contributed by atoms with Gasteiger partial charge in [-0.3, -0.25) is 0 Å². The fraction of sp³-hybridized carbons (Fsp3) is 1.00. The van der Waals surface area contributed by atoms with Gasteiger partial charge < -0.3 is 5.73 Å². The van der Waals surface area contributed by atoms with Crippen LogP contribution in [0.3, 0.4) is 0 Å². The van der Waals surface area contributed by atoms with Crippen LogP contribution in [0.15, 0.2) is 0 Å². The van der Waals surface area contributed by atoms with E-state index in [4.69, 9.17) is 5.73 Å². The molecule has 1 heterocycles. The lowest BCUT2D eigenvalue weighted by Crippen LogP contribution is -2.31. The van der Waals surface area contributed by atoms with Crippen LogP contribution in [0.4, 0.5) is 13.2 Å². The molecule has 8 heteroatoms. The molecule has 0 spiro atoms. The lowest BCUT2D eigenvalue weighted by Gasteiger charge is -2.17. The third-order valence-corrected chi connectivity index (χ3v) is 5.15. The van der Waals surface area contributed by atoms with Gasteiger partial charge in [-0.2, -0.15) is 13.2 Å². The number of rotatable bonds is 4. The van der Waals surface area contributed by atoms with Crippen molar-refractivity contribution in [1.29, 1.82) is 0 Å². The minimum Gasteiger partial charge on any atom is -0.327 e. The molecule has 1 aliphatic rings. The smallest absolute Gasteiger partial charge is 0.327 e. The maximum atomic E-state index is 11.8. The van der Waals surface area contributed by atoms with Crippen LogP contribution in [0.5, 0.6) is 0 Å². The minimum atomic E-state index is -4.23. The van der Waals surface area contributed by atoms with Crippen molar-refractivity contribution < 1.29 is 21.6 Å². The Morgan fingerprint density at radius 2 is 2.06 bits per heavy atom. The maximum Gasteiger partial charge on any atom is 0.441 e. The van der Waals surface area contributed by atoms with Crippen LogP contribution in [0.2, 0.25) is 0 Å². The van der Waals surface area contributed by atoms with Gasteiger partial charge in [0.2, 0.25) is 0 Å². The van der Waals surface area contributed by atoms with Gasteiger partial charge in [-0.1, -0.05) is 11.8 Å². The van der Waals surface area contributed by atoms with Crippen LogP contribution in [-0.4, -0.2) is 37.2 Å². The van der Waals surface area contributed by atoms with Gasteiger partial charge in [-0.25, -0.2) is 8.42 Å². The van der Waals surface area contributed by atoms with Crippen LogP contribution in [0.1, 0.15) is 12.8 Å². The first-order valence-corrected chi connectivity index (χ1v) is 7.67. The molecular formula is C8H14F3NO2S2. The number of hydrogen-bond donors (Lipinski definition) is 1. The zero-order chi connectivity index (χ0) is 12.4. The fourth-order valence-electron chi connectivity index (χ4n) is 1.71. The predicted molar refractivity (Wildman–Crippen MR) is 57.9 cm³/mol. The molecule has 96 valence electrons. The van der Waals surface area contributed by atoms with Crippen molar-refractivity contribution in [2.24, 2.45) is 11.7 Å². The second-order valence-corrected chi connectivity index (χ2v) is 7.30. The summed E-state index contributed by atoms with van der Waals surface area (Å²) >= 11 is -0.109. The van der Waals surface area contributed by atoms with Crippen molar-refractivity contribution >= 4 is 21.6 Å². The molecule has 0 aromatic carbocycles. The van der Waals surface area contributed by atoms with Crippen molar-refractivity contribution in [3.05, 3.63) is 0 Å². The van der Waals surface area contributed by atoms with E-state index in [1.165, 1.54) is 0 Å². The molecule has 0 radical (unpaired) electrons. The molecule has 2 atom stereocenters. The van der Waals surface area contributed by atoms with Gasteiger partial charge >= 0.3 is 5.51 Å². The first-order chi connectivity index (χ1) is 7.20. The summed E-state index contributed by atoms with van der Waals surface area (Å²) in [5.74, 6) is -0.164. The number of nitrogens with two attached hydrogens (primary N) is 1. The Hall–Kier alpha value is 0.0500. The largest absolute Gasteiger partial charge is 0.441 e. The van der Waals surface area contributed by atoms with Crippen LogP contribution < -0.4 is 5.73 Å². The SMILES string of the molecule is NC(CCSC(F)(F)F)C1CCS(=O)(=O)C1. The summed E-state index contributed by atoms with van der Waals surface area (Å²) in [7, 11) is -3.00. The highest BCUT2D eigenvalue weighted by Crippen LogP contribution is 2.31. The molecule has 0 aliphatic carbocycles. The quantitative estimate of drug-likeness (QED) is 0.843. The average molecular weight is 277 g/mol. The number of halogens is 3. The second-order valence-electron chi connectivity index (χ2n) is 3.91. The first-order valence-electron chi connectivity index (χ1n) is 4.86. The maximum absolute atomic E-state index is 11.8. The Morgan fingerprint density at radius 3 is 2.50 bits per heavy atom. The standard InChI is InChI=1S/C8H14F3NO2S2/c9-8(10,11)15-3-1-7(12)6-2-4-16(13,14)5-6/h6-7H,1-5,12H2. The average Bonchev–Trinajstić information content (AvgIpc) is 2.43. The van der Waals surface area contributed by atoms with Gasteiger partial charge in [0.05, 0.1) is 11.5 Å². The summed E-state index contributed by atoms with van der Waals surface area (Å²) in [4.78, 5) is 0. The molecule has 0 bridgehead atoms. The van der Waals surface area contributed by atoms with Gasteiger partial charge in [0.15, 0.2) is 9.84 Å². The van der Waals surface area contributed by atoms with E-state index >= 15 is 0 Å². The van der Waals surface area contributed by atoms with Crippen molar-refractivity contribution in [3.8, 4) is 0 Å². The second kappa shape index (κ2) is 5.14. The fourth-order valence-corrected chi connectivity index (χ4v) is 4.22. The van der Waals surface area contributed by atoms with Gasteiger partial charge in [0.1, 0.15) is 0 Å². The van der Waals surface area contributed by atoms with E-state index in [2.05, 4.69) is 0 Å². The molecule has 0 aromatic rings. The zero-order valence-corrected chi connectivity index (χ0v) is 10.2. The first kappa shape index (κ1) is 14.1. The minimum absolute atomic E-state index is 0.0187. The molecule has 0 aromatic heterocycles. The Kier molecular flexibility index (Phi) is 4.53. The van der Waals surface area contributed by atoms with Crippen molar-refractivity contribution in [3.63, 3.8) is 0 Å². The lowest BCUT2D eigenvalue weighted by atomic mass is 9.98. The molecule has 0 amide bonds. The molecule has 1 saturated heterocycles. The van der Waals surface area contributed by atoms with E-state index in [-0.39, 0.29) is 41.4 Å². The Labute approximate surface area is 96.9 Å². The monoisotopic (exact) mass is 277 g/mol. The van der Waals surface area contributed by atoms with Crippen LogP contribution in [0.25, 0.3) is 0 Å². The highest BCUT2D eigenvalue weighted by Gasteiger charge is 2.33. The number of sulfone groups is 1. The van der Waals surface area contributed by atoms with Gasteiger partial charge in [0.25, 0.3) is 0 Å². The van der Waals surface area contributed by atoms with Gasteiger partial charge in [-0.15, -0.1) is 0 Å². The summed E-state index contributed by atoms with van der Waals surface area (Å²) in [6, 6.07) is -0.452. The van der Waals surface area contributed by atoms with Crippen LogP contribution in [0, 0.1) is 5.92 Å². The Morgan fingerprint density at radius 1 is 1.44 bits per heavy atom. The number of hydrogen-bond acceptors (Lipinski definition) is 4. The normalized spacial score (nSPS) is 26.9. The number of alkyl halides is 3. The highest BCUT2D eigenvalue weighted by atomic mass is 32.2. The molecule has 3 nitrogen and oxygen atoms in total. The molecule has 1 rings (SSSR count). The molecule has 0 saturated carbocycles. The van der Waals surface area contributed by atoms with Gasteiger partial charge in [0, 0.05) is 11.8 Å². The highest BCUT2D eigenvalue weighted by molar-refractivity contribution is 8.00. The summed E-state index contributed by atoms with van der Waals surface area (Å²) < 4.78 is 57.8. The third-order valence-electron chi connectivity index (χ3n) is 2.59. The van der Waals surface area contributed by atoms with E-state index in [9.17, 15) is 21.6 Å². The van der Waals surface area contributed by atoms with E-state index in [1.807, 2.05) is 0 Å². The molecule has 1 fully saturated rings. The Bertz CT molecular complexity index is 329. The Balaban J connectivity index is 2.29. The molecular weight excluding hydrogens is 263 g/mol. The summed E-state index contributed by atoms with van der Waals surface area (Å²) in [5, 5.41) is 0. The summed E-state index contributed by atoms with van der Waals surface area (Å²) in [6.07, 6.45) is 0.671. The molecule has 16 heavy (non-hydrogen) atoms. The number of thioether (sulfide) groups is 1. The summed E-state index contributed by atoms with van der Waals surface area (Å²) in [5.41, 5.74) is 1.45. The topological polar surface area (TPSA) is 60.2 Å². The van der Waals surface area contributed by atoms with Crippen molar-refractivity contribution in [1.82, 2.24) is 0 Å². The van der Waals surface area contributed by atoms with E-state index < -0.39 is 21.4 Å². The third kappa shape index (κ3) is 4.92. The van der Waals surface area contributed by atoms with E-state index in [0.29, 0.717) is 6.42 Å². The molecule has 2 N–H and O–H groups in total. The predicted octanol–water partition coefficient (Wildman–Crippen LogP) is 1.39. The zero-order valence-electron chi connectivity index (χ0n) is 8.53. The van der Waals surface area contributed by atoms with Crippen LogP contribution >= 0.6 is 11.8 Å². The van der Waals surface area contributed by atoms with Crippen LogP contribution in [-0.2, 0) is 9.84 Å². The van der Waals surface area contributed by atoms with Gasteiger partial charge in [-0.05, 0) is 18.8 Å². The molecule has 1 aliphatic heterocycles.